The lowest BCUT2D eigenvalue weighted by atomic mass is 10.0. The largest absolute Gasteiger partial charge is 0.483 e. The van der Waals surface area contributed by atoms with Crippen molar-refractivity contribution in [2.24, 2.45) is 0 Å². The molecule has 3 N–H and O–H groups in total. The van der Waals surface area contributed by atoms with Crippen molar-refractivity contribution in [3.63, 3.8) is 0 Å². The minimum Gasteiger partial charge on any atom is -0.483 e. The van der Waals surface area contributed by atoms with Crippen LogP contribution in [0, 0.1) is 6.92 Å². The van der Waals surface area contributed by atoms with E-state index in [9.17, 15) is 14.4 Å². The Hall–Kier alpha value is -3.81. The van der Waals surface area contributed by atoms with Crippen LogP contribution in [-0.2, 0) is 17.9 Å². The molecule has 0 saturated carbocycles. The number of nitrogens with two attached hydrogens (primary N) is 1. The summed E-state index contributed by atoms with van der Waals surface area (Å²) in [7, 11) is 0. The number of aryl methyl sites for hydroxylation is 1. The number of nitrogen functional groups attached to an aromatic ring is 1. The summed E-state index contributed by atoms with van der Waals surface area (Å²) in [5.74, 6) is 0.363. The molecular weight excluding hydrogens is 444 g/mol. The topological polar surface area (TPSA) is 110 Å². The smallest absolute Gasteiger partial charge is 0.330 e. The second-order valence-electron chi connectivity index (χ2n) is 8.95. The highest BCUT2D eigenvalue weighted by molar-refractivity contribution is 5.96. The summed E-state index contributed by atoms with van der Waals surface area (Å²) in [5.41, 5.74) is 7.79. The zero-order valence-electron chi connectivity index (χ0n) is 20.8. The predicted molar refractivity (Wildman–Crippen MR) is 139 cm³/mol. The van der Waals surface area contributed by atoms with E-state index in [1.807, 2.05) is 62.4 Å². The van der Waals surface area contributed by atoms with Crippen LogP contribution < -0.4 is 26.6 Å². The molecule has 1 heterocycles. The van der Waals surface area contributed by atoms with Gasteiger partial charge in [-0.2, -0.15) is 0 Å². The lowest BCUT2D eigenvalue weighted by molar-refractivity contribution is -0.120. The van der Waals surface area contributed by atoms with Gasteiger partial charge in [0.15, 0.2) is 12.3 Å². The number of benzene rings is 2. The summed E-state index contributed by atoms with van der Waals surface area (Å²) < 4.78 is 7.28. The Balaban J connectivity index is 2.00. The number of unbranched alkanes of at least 4 members (excludes halogenated alkanes) is 1. The SMILES string of the molecule is CCCCn1c(N)c(N(Cc2ccccc2)C(=O)COc2cc(C)ccc2C(C)C)c(=O)[nH]c1=O. The standard InChI is InChI=1S/C27H34N4O4/c1-5-6-14-30-25(28)24(26(33)29-27(30)34)31(16-20-10-8-7-9-11-20)23(32)17-35-22-15-19(4)12-13-21(22)18(2)3/h7-13,15,18H,5-6,14,16-17,28H2,1-4H3,(H,29,33,34). The summed E-state index contributed by atoms with van der Waals surface area (Å²) in [6, 6.07) is 15.2. The number of hydrogen-bond acceptors (Lipinski definition) is 5. The number of H-pyrrole nitrogens is 1. The second-order valence-corrected chi connectivity index (χ2v) is 8.95. The third-order valence-corrected chi connectivity index (χ3v) is 5.85. The van der Waals surface area contributed by atoms with Crippen LogP contribution in [0.25, 0.3) is 0 Å². The molecule has 0 radical (unpaired) electrons. The Labute approximate surface area is 205 Å². The molecule has 0 saturated heterocycles. The summed E-state index contributed by atoms with van der Waals surface area (Å²) in [4.78, 5) is 42.4. The summed E-state index contributed by atoms with van der Waals surface area (Å²) >= 11 is 0. The maximum atomic E-state index is 13.5. The molecule has 0 fully saturated rings. The predicted octanol–water partition coefficient (Wildman–Crippen LogP) is 3.96. The third kappa shape index (κ3) is 6.20. The van der Waals surface area contributed by atoms with Gasteiger partial charge in [-0.15, -0.1) is 0 Å². The van der Waals surface area contributed by atoms with E-state index in [-0.39, 0.29) is 30.6 Å². The van der Waals surface area contributed by atoms with Crippen LogP contribution in [0.15, 0.2) is 58.1 Å². The van der Waals surface area contributed by atoms with Crippen molar-refractivity contribution in [2.75, 3.05) is 17.2 Å². The van der Waals surface area contributed by atoms with Crippen LogP contribution in [0.1, 0.15) is 56.2 Å². The van der Waals surface area contributed by atoms with Gasteiger partial charge in [0, 0.05) is 6.54 Å². The molecule has 35 heavy (non-hydrogen) atoms. The molecule has 3 rings (SSSR count). The van der Waals surface area contributed by atoms with Crippen molar-refractivity contribution in [1.29, 1.82) is 0 Å². The number of rotatable bonds is 10. The van der Waals surface area contributed by atoms with Gasteiger partial charge < -0.3 is 10.5 Å². The number of anilines is 2. The van der Waals surface area contributed by atoms with E-state index in [2.05, 4.69) is 18.8 Å². The molecule has 2 aromatic carbocycles. The molecule has 0 spiro atoms. The third-order valence-electron chi connectivity index (χ3n) is 5.85. The quantitative estimate of drug-likeness (QED) is 0.458. The van der Waals surface area contributed by atoms with Crippen LogP contribution in [-0.4, -0.2) is 22.1 Å². The first-order chi connectivity index (χ1) is 16.7. The molecule has 0 aliphatic carbocycles. The van der Waals surface area contributed by atoms with E-state index in [0.717, 1.165) is 23.1 Å². The Bertz CT molecular complexity index is 1280. The van der Waals surface area contributed by atoms with Gasteiger partial charge in [0.2, 0.25) is 0 Å². The number of carbonyl (C=O) groups excluding carboxylic acids is 1. The number of hydrogen-bond donors (Lipinski definition) is 2. The maximum Gasteiger partial charge on any atom is 0.330 e. The number of aromatic nitrogens is 2. The molecule has 8 nitrogen and oxygen atoms in total. The maximum absolute atomic E-state index is 13.5. The first-order valence-corrected chi connectivity index (χ1v) is 11.9. The van der Waals surface area contributed by atoms with Crippen LogP contribution in [0.2, 0.25) is 0 Å². The zero-order chi connectivity index (χ0) is 25.5. The van der Waals surface area contributed by atoms with E-state index in [1.54, 1.807) is 0 Å². The van der Waals surface area contributed by atoms with Gasteiger partial charge in [-0.3, -0.25) is 24.0 Å². The fourth-order valence-corrected chi connectivity index (χ4v) is 3.90. The first-order valence-electron chi connectivity index (χ1n) is 11.9. The number of aromatic amines is 1. The van der Waals surface area contributed by atoms with Crippen molar-refractivity contribution in [3.8, 4) is 5.75 Å². The van der Waals surface area contributed by atoms with Crippen LogP contribution >= 0.6 is 0 Å². The Morgan fingerprint density at radius 1 is 1.14 bits per heavy atom. The Morgan fingerprint density at radius 3 is 2.51 bits per heavy atom. The minimum atomic E-state index is -0.706. The van der Waals surface area contributed by atoms with E-state index in [1.165, 1.54) is 9.47 Å². The summed E-state index contributed by atoms with van der Waals surface area (Å²) in [5, 5.41) is 0. The molecule has 0 atom stereocenters. The second kappa shape index (κ2) is 11.6. The van der Waals surface area contributed by atoms with Crippen molar-refractivity contribution < 1.29 is 9.53 Å². The molecule has 1 aromatic heterocycles. The molecule has 0 aliphatic rings. The van der Waals surface area contributed by atoms with E-state index in [4.69, 9.17) is 10.5 Å². The van der Waals surface area contributed by atoms with Gasteiger partial charge in [-0.1, -0.05) is 69.7 Å². The highest BCUT2D eigenvalue weighted by atomic mass is 16.5. The van der Waals surface area contributed by atoms with Crippen LogP contribution in [0.3, 0.4) is 0 Å². The summed E-state index contributed by atoms with van der Waals surface area (Å²) in [6.07, 6.45) is 1.55. The fraction of sp³-hybridized carbons (Fsp3) is 0.370. The van der Waals surface area contributed by atoms with E-state index < -0.39 is 17.2 Å². The molecule has 3 aromatic rings. The first kappa shape index (κ1) is 25.8. The minimum absolute atomic E-state index is 0.0325. The van der Waals surface area contributed by atoms with Gasteiger partial charge >= 0.3 is 5.69 Å². The Kier molecular flexibility index (Phi) is 8.52. The highest BCUT2D eigenvalue weighted by Gasteiger charge is 2.25. The molecule has 0 unspecified atom stereocenters. The van der Waals surface area contributed by atoms with Crippen LogP contribution in [0.5, 0.6) is 5.75 Å². The molecule has 8 heteroatoms. The van der Waals surface area contributed by atoms with E-state index >= 15 is 0 Å². The average Bonchev–Trinajstić information content (AvgIpc) is 2.82. The van der Waals surface area contributed by atoms with Gasteiger partial charge in [-0.25, -0.2) is 4.79 Å². The Morgan fingerprint density at radius 2 is 1.86 bits per heavy atom. The van der Waals surface area contributed by atoms with Gasteiger partial charge in [0.1, 0.15) is 11.6 Å². The number of nitrogens with one attached hydrogen (secondary N) is 1. The van der Waals surface area contributed by atoms with Crippen molar-refractivity contribution in [1.82, 2.24) is 9.55 Å². The number of amides is 1. The molecular formula is C27H34N4O4. The van der Waals surface area contributed by atoms with Crippen molar-refractivity contribution in [2.45, 2.75) is 59.5 Å². The van der Waals surface area contributed by atoms with Crippen molar-refractivity contribution >= 4 is 17.4 Å². The monoisotopic (exact) mass is 478 g/mol. The molecule has 0 aliphatic heterocycles. The van der Waals surface area contributed by atoms with Crippen molar-refractivity contribution in [3.05, 3.63) is 86.1 Å². The lowest BCUT2D eigenvalue weighted by Gasteiger charge is -2.25. The normalized spacial score (nSPS) is 11.0. The number of nitrogens with zero attached hydrogens (tertiary/aromatic N) is 2. The lowest BCUT2D eigenvalue weighted by Crippen LogP contribution is -2.42. The van der Waals surface area contributed by atoms with Gasteiger partial charge in [0.25, 0.3) is 11.5 Å². The molecule has 1 amide bonds. The van der Waals surface area contributed by atoms with E-state index in [0.29, 0.717) is 18.7 Å². The van der Waals surface area contributed by atoms with Gasteiger partial charge in [0.05, 0.1) is 6.54 Å². The fourth-order valence-electron chi connectivity index (χ4n) is 3.90. The number of ether oxygens (including phenoxy) is 1. The average molecular weight is 479 g/mol. The summed E-state index contributed by atoms with van der Waals surface area (Å²) in [6.45, 7) is 8.22. The zero-order valence-corrected chi connectivity index (χ0v) is 20.8. The molecule has 186 valence electrons. The van der Waals surface area contributed by atoms with Gasteiger partial charge in [-0.05, 0) is 42.0 Å². The van der Waals surface area contributed by atoms with Crippen LogP contribution in [0.4, 0.5) is 11.5 Å². The highest BCUT2D eigenvalue weighted by Crippen LogP contribution is 2.28. The number of carbonyl (C=O) groups is 1. The molecule has 0 bridgehead atoms.